The zero-order valence-electron chi connectivity index (χ0n) is 18.7. The summed E-state index contributed by atoms with van der Waals surface area (Å²) in [7, 11) is 0. The number of hydrogen-bond acceptors (Lipinski definition) is 7. The second kappa shape index (κ2) is 9.38. The number of fused-ring (bicyclic) bond motifs is 1. The lowest BCUT2D eigenvalue weighted by atomic mass is 9.91. The fourth-order valence-electron chi connectivity index (χ4n) is 4.15. The van der Waals surface area contributed by atoms with Gasteiger partial charge < -0.3 is 19.7 Å². The van der Waals surface area contributed by atoms with E-state index in [2.05, 4.69) is 10.6 Å². The Morgan fingerprint density at radius 1 is 1.00 bits per heavy atom. The number of thioether (sulfide) groups is 1. The molecule has 4 rings (SSSR count). The summed E-state index contributed by atoms with van der Waals surface area (Å²) in [5.74, 6) is -1.16. The summed E-state index contributed by atoms with van der Waals surface area (Å²) in [6.07, 6.45) is -0.513. The summed E-state index contributed by atoms with van der Waals surface area (Å²) >= 11 is 1.30. The zero-order valence-corrected chi connectivity index (χ0v) is 19.5. The summed E-state index contributed by atoms with van der Waals surface area (Å²) in [5.41, 5.74) is -0.119. The van der Waals surface area contributed by atoms with Crippen molar-refractivity contribution in [3.05, 3.63) is 71.8 Å². The Hall–Kier alpha value is -3.53. The predicted molar refractivity (Wildman–Crippen MR) is 124 cm³/mol. The number of carbonyl (C=O) groups excluding carboxylic acids is 4. The molecular weight excluding hydrogens is 458 g/mol. The van der Waals surface area contributed by atoms with Crippen molar-refractivity contribution >= 4 is 36.1 Å². The van der Waals surface area contributed by atoms with Crippen LogP contribution in [0.3, 0.4) is 0 Å². The normalized spacial score (nSPS) is 24.4. The fraction of sp³-hybridized carbons (Fsp3) is 0.333. The van der Waals surface area contributed by atoms with Crippen LogP contribution in [0.1, 0.15) is 25.0 Å². The van der Waals surface area contributed by atoms with Crippen molar-refractivity contribution in [3.63, 3.8) is 0 Å². The maximum absolute atomic E-state index is 13.3. The third kappa shape index (κ3) is 4.33. The van der Waals surface area contributed by atoms with Crippen LogP contribution >= 0.6 is 11.8 Å². The van der Waals surface area contributed by atoms with E-state index in [0.717, 1.165) is 11.1 Å². The van der Waals surface area contributed by atoms with E-state index in [0.29, 0.717) is 6.41 Å². The van der Waals surface area contributed by atoms with Crippen LogP contribution < -0.4 is 10.6 Å². The number of hydrogen-bond donors (Lipinski definition) is 2. The standard InChI is InChI=1S/C24H25N3O6S/c1-23(2)18(19(29)32-13-16-9-5-3-6-10-16)27-20(30)24(25-15-28,21(27)34-23)26-22(31)33-14-17-11-7-4-8-12-17/h3-12,15,18,21H,13-14H2,1-2H3,(H,25,28)(H,26,31)/t18-,21+,24+/m0/s1. The molecule has 3 atom stereocenters. The number of rotatable bonds is 8. The first-order valence-electron chi connectivity index (χ1n) is 10.7. The van der Waals surface area contributed by atoms with Gasteiger partial charge in [-0.1, -0.05) is 60.7 Å². The number of amides is 3. The number of β-lactam (4-membered cyclic amide) rings is 1. The van der Waals surface area contributed by atoms with Crippen molar-refractivity contribution in [2.75, 3.05) is 0 Å². The van der Waals surface area contributed by atoms with E-state index in [1.807, 2.05) is 62.4 Å². The van der Waals surface area contributed by atoms with Crippen molar-refractivity contribution in [3.8, 4) is 0 Å². The molecule has 10 heteroatoms. The lowest BCUT2D eigenvalue weighted by Crippen LogP contribution is -2.84. The highest BCUT2D eigenvalue weighted by molar-refractivity contribution is 8.01. The van der Waals surface area contributed by atoms with E-state index in [4.69, 9.17) is 9.47 Å². The largest absolute Gasteiger partial charge is 0.459 e. The van der Waals surface area contributed by atoms with Crippen molar-refractivity contribution in [1.82, 2.24) is 15.5 Å². The van der Waals surface area contributed by atoms with E-state index in [9.17, 15) is 19.2 Å². The van der Waals surface area contributed by atoms with Gasteiger partial charge in [0.2, 0.25) is 12.1 Å². The second-order valence-corrected chi connectivity index (χ2v) is 10.3. The Bertz CT molecular complexity index is 1080. The van der Waals surface area contributed by atoms with E-state index in [1.54, 1.807) is 12.1 Å². The topological polar surface area (TPSA) is 114 Å². The molecule has 0 bridgehead atoms. The number of carbonyl (C=O) groups is 4. The van der Waals surface area contributed by atoms with Gasteiger partial charge in [0.25, 0.3) is 5.91 Å². The van der Waals surface area contributed by atoms with Crippen LogP contribution in [0.4, 0.5) is 4.79 Å². The van der Waals surface area contributed by atoms with Gasteiger partial charge in [-0.3, -0.25) is 14.9 Å². The molecule has 0 aromatic heterocycles. The highest BCUT2D eigenvalue weighted by Gasteiger charge is 2.73. The maximum Gasteiger partial charge on any atom is 0.409 e. The van der Waals surface area contributed by atoms with Gasteiger partial charge in [0, 0.05) is 4.75 Å². The minimum Gasteiger partial charge on any atom is -0.459 e. The zero-order chi connectivity index (χ0) is 24.3. The van der Waals surface area contributed by atoms with Gasteiger partial charge >= 0.3 is 12.1 Å². The van der Waals surface area contributed by atoms with Gasteiger partial charge in [0.15, 0.2) is 0 Å². The second-order valence-electron chi connectivity index (χ2n) is 8.54. The first-order valence-corrected chi connectivity index (χ1v) is 11.6. The third-order valence-corrected chi connectivity index (χ3v) is 7.43. The van der Waals surface area contributed by atoms with Crippen molar-refractivity contribution in [2.45, 2.75) is 48.9 Å². The van der Waals surface area contributed by atoms with Gasteiger partial charge in [-0.15, -0.1) is 11.8 Å². The van der Waals surface area contributed by atoms with Gasteiger partial charge in [-0.2, -0.15) is 0 Å². The molecule has 0 saturated carbocycles. The number of benzene rings is 2. The molecule has 2 fully saturated rings. The summed E-state index contributed by atoms with van der Waals surface area (Å²) in [6, 6.07) is 17.4. The molecule has 2 aromatic carbocycles. The van der Waals surface area contributed by atoms with Crippen LogP contribution in [0.5, 0.6) is 0 Å². The predicted octanol–water partition coefficient (Wildman–Crippen LogP) is 2.16. The molecule has 3 amide bonds. The lowest BCUT2D eigenvalue weighted by molar-refractivity contribution is -0.173. The van der Waals surface area contributed by atoms with Crippen LogP contribution in [0.25, 0.3) is 0 Å². The Kier molecular flexibility index (Phi) is 6.52. The number of esters is 1. The van der Waals surface area contributed by atoms with Crippen LogP contribution in [0.2, 0.25) is 0 Å². The number of nitrogens with one attached hydrogen (secondary N) is 2. The van der Waals surface area contributed by atoms with E-state index in [-0.39, 0.29) is 13.2 Å². The van der Waals surface area contributed by atoms with Crippen LogP contribution in [0.15, 0.2) is 60.7 Å². The molecule has 0 unspecified atom stereocenters. The number of nitrogens with zero attached hydrogens (tertiary/aromatic N) is 1. The average Bonchev–Trinajstić information content (AvgIpc) is 3.11. The van der Waals surface area contributed by atoms with Crippen LogP contribution in [-0.2, 0) is 37.1 Å². The molecule has 0 aliphatic carbocycles. The smallest absolute Gasteiger partial charge is 0.409 e. The van der Waals surface area contributed by atoms with Crippen molar-refractivity contribution < 1.29 is 28.7 Å². The highest BCUT2D eigenvalue weighted by Crippen LogP contribution is 2.54. The molecular formula is C24H25N3O6S. The molecule has 0 spiro atoms. The summed E-state index contributed by atoms with van der Waals surface area (Å²) in [5, 5.41) is 4.24. The van der Waals surface area contributed by atoms with Gasteiger partial charge in [-0.25, -0.2) is 9.59 Å². The quantitative estimate of drug-likeness (QED) is 0.256. The Balaban J connectivity index is 1.46. The van der Waals surface area contributed by atoms with Crippen molar-refractivity contribution in [2.24, 2.45) is 0 Å². The molecule has 2 aliphatic heterocycles. The Labute approximate surface area is 201 Å². The van der Waals surface area contributed by atoms with Crippen LogP contribution in [0, 0.1) is 0 Å². The van der Waals surface area contributed by atoms with E-state index >= 15 is 0 Å². The molecule has 2 aliphatic rings. The van der Waals surface area contributed by atoms with E-state index < -0.39 is 39.8 Å². The van der Waals surface area contributed by atoms with Gasteiger partial charge in [0.05, 0.1) is 0 Å². The Morgan fingerprint density at radius 3 is 2.12 bits per heavy atom. The summed E-state index contributed by atoms with van der Waals surface area (Å²) in [6.45, 7) is 3.71. The summed E-state index contributed by atoms with van der Waals surface area (Å²) < 4.78 is 10.0. The van der Waals surface area contributed by atoms with Crippen LogP contribution in [-0.4, -0.2) is 51.1 Å². The average molecular weight is 484 g/mol. The molecule has 34 heavy (non-hydrogen) atoms. The first-order chi connectivity index (χ1) is 16.3. The molecule has 2 heterocycles. The molecule has 2 aromatic rings. The molecule has 2 saturated heterocycles. The van der Waals surface area contributed by atoms with Gasteiger partial charge in [0.1, 0.15) is 24.6 Å². The maximum atomic E-state index is 13.3. The SMILES string of the molecule is CC1(C)S[C@H]2N(C(=O)[C@@]2(NC=O)NC(=O)OCc2ccccc2)[C@H]1C(=O)OCc1ccccc1. The molecule has 0 radical (unpaired) electrons. The van der Waals surface area contributed by atoms with E-state index in [1.165, 1.54) is 16.7 Å². The first kappa shape index (κ1) is 23.6. The molecule has 9 nitrogen and oxygen atoms in total. The Morgan fingerprint density at radius 2 is 1.56 bits per heavy atom. The molecule has 2 N–H and O–H groups in total. The highest BCUT2D eigenvalue weighted by atomic mass is 32.2. The lowest BCUT2D eigenvalue weighted by Gasteiger charge is -2.52. The minimum absolute atomic E-state index is 0.000509. The summed E-state index contributed by atoms with van der Waals surface area (Å²) in [4.78, 5) is 51.5. The molecule has 178 valence electrons. The number of ether oxygens (including phenoxy) is 2. The monoisotopic (exact) mass is 483 g/mol. The third-order valence-electron chi connectivity index (χ3n) is 5.79. The van der Waals surface area contributed by atoms with Crippen molar-refractivity contribution in [1.29, 1.82) is 0 Å². The van der Waals surface area contributed by atoms with Gasteiger partial charge in [-0.05, 0) is 25.0 Å². The fourth-order valence-corrected chi connectivity index (χ4v) is 5.80. The minimum atomic E-state index is -1.72. The number of alkyl carbamates (subject to hydrolysis) is 1.